The molecule has 1 atom stereocenters. The van der Waals surface area contributed by atoms with Crippen LogP contribution in [0.25, 0.3) is 27.8 Å². The van der Waals surface area contributed by atoms with Gasteiger partial charge in [0.2, 0.25) is 0 Å². The van der Waals surface area contributed by atoms with Gasteiger partial charge in [-0.2, -0.15) is 10.2 Å². The lowest BCUT2D eigenvalue weighted by molar-refractivity contribution is 0.558. The van der Waals surface area contributed by atoms with E-state index in [1.807, 2.05) is 54.9 Å². The zero-order chi connectivity index (χ0) is 20.1. The van der Waals surface area contributed by atoms with Gasteiger partial charge in [-0.25, -0.2) is 24.3 Å². The predicted molar refractivity (Wildman–Crippen MR) is 112 cm³/mol. The van der Waals surface area contributed by atoms with Crippen molar-refractivity contribution in [1.82, 2.24) is 34.5 Å². The third-order valence-electron chi connectivity index (χ3n) is 4.99. The lowest BCUT2D eigenvalue weighted by atomic mass is 10.1. The number of anilines is 1. The molecule has 5 rings (SSSR count). The van der Waals surface area contributed by atoms with Crippen molar-refractivity contribution >= 4 is 39.4 Å². The summed E-state index contributed by atoms with van der Waals surface area (Å²) >= 11 is 6.27. The first kappa shape index (κ1) is 17.6. The Hall–Kier alpha value is -3.52. The predicted octanol–water partition coefficient (Wildman–Crippen LogP) is 3.71. The molecule has 8 nitrogen and oxygen atoms in total. The van der Waals surface area contributed by atoms with Crippen LogP contribution in [0.5, 0.6) is 0 Å². The molecule has 0 radical (unpaired) electrons. The first-order valence-corrected chi connectivity index (χ1v) is 9.47. The third-order valence-corrected chi connectivity index (χ3v) is 5.23. The van der Waals surface area contributed by atoms with Crippen LogP contribution < -0.4 is 5.73 Å². The standard InChI is InChI=1S/C20H17ClN8/c1-11-17-19(22)24-10-25-20(17)28(26-11)12(2)18-14-7-6-13(21)9-15(14)29(27-18)16-5-3-4-8-23-16/h3-10,12H,1-2H3,(H2,22,24,25). The van der Waals surface area contributed by atoms with E-state index >= 15 is 0 Å². The largest absolute Gasteiger partial charge is 0.383 e. The number of benzene rings is 1. The summed E-state index contributed by atoms with van der Waals surface area (Å²) in [6.45, 7) is 3.93. The molecule has 0 amide bonds. The molecule has 1 unspecified atom stereocenters. The third kappa shape index (κ3) is 2.72. The average Bonchev–Trinajstić information content (AvgIpc) is 3.27. The Labute approximate surface area is 171 Å². The topological polar surface area (TPSA) is 100 Å². The van der Waals surface area contributed by atoms with Crippen LogP contribution in [0, 0.1) is 6.92 Å². The molecule has 0 saturated heterocycles. The molecule has 144 valence electrons. The molecule has 4 heterocycles. The second-order valence-corrected chi connectivity index (χ2v) is 7.25. The Morgan fingerprint density at radius 2 is 1.93 bits per heavy atom. The van der Waals surface area contributed by atoms with Crippen molar-refractivity contribution in [1.29, 1.82) is 0 Å². The monoisotopic (exact) mass is 404 g/mol. The number of fused-ring (bicyclic) bond motifs is 2. The smallest absolute Gasteiger partial charge is 0.164 e. The molecule has 0 saturated carbocycles. The highest BCUT2D eigenvalue weighted by molar-refractivity contribution is 6.31. The first-order chi connectivity index (χ1) is 14.0. The van der Waals surface area contributed by atoms with Gasteiger partial charge in [0.25, 0.3) is 0 Å². The minimum Gasteiger partial charge on any atom is -0.383 e. The zero-order valence-corrected chi connectivity index (χ0v) is 16.5. The molecule has 0 spiro atoms. The van der Waals surface area contributed by atoms with E-state index in [-0.39, 0.29) is 6.04 Å². The quantitative estimate of drug-likeness (QED) is 0.492. The van der Waals surface area contributed by atoms with Crippen LogP contribution in [-0.4, -0.2) is 34.5 Å². The van der Waals surface area contributed by atoms with Crippen LogP contribution in [0.3, 0.4) is 0 Å². The lowest BCUT2D eigenvalue weighted by Crippen LogP contribution is -2.11. The molecule has 0 aliphatic heterocycles. The first-order valence-electron chi connectivity index (χ1n) is 9.09. The van der Waals surface area contributed by atoms with Gasteiger partial charge in [0, 0.05) is 16.6 Å². The number of aryl methyl sites for hydroxylation is 1. The molecule has 0 fully saturated rings. The lowest BCUT2D eigenvalue weighted by Gasteiger charge is -2.11. The van der Waals surface area contributed by atoms with Crippen molar-refractivity contribution in [2.45, 2.75) is 19.9 Å². The van der Waals surface area contributed by atoms with E-state index in [0.29, 0.717) is 22.3 Å². The summed E-state index contributed by atoms with van der Waals surface area (Å²) in [5.74, 6) is 1.13. The summed E-state index contributed by atoms with van der Waals surface area (Å²) in [7, 11) is 0. The summed E-state index contributed by atoms with van der Waals surface area (Å²) in [5, 5.41) is 11.9. The molecule has 2 N–H and O–H groups in total. The van der Waals surface area contributed by atoms with Crippen LogP contribution >= 0.6 is 11.6 Å². The SMILES string of the molecule is Cc1nn(C(C)c2nn(-c3ccccn3)c3cc(Cl)ccc23)c2ncnc(N)c12. The molecular formula is C20H17ClN8. The van der Waals surface area contributed by atoms with Crippen LogP contribution in [0.2, 0.25) is 5.02 Å². The van der Waals surface area contributed by atoms with Gasteiger partial charge < -0.3 is 5.73 Å². The van der Waals surface area contributed by atoms with Crippen molar-refractivity contribution in [2.75, 3.05) is 5.73 Å². The number of hydrogen-bond acceptors (Lipinski definition) is 6. The van der Waals surface area contributed by atoms with Gasteiger partial charge in [-0.15, -0.1) is 0 Å². The van der Waals surface area contributed by atoms with Crippen LogP contribution in [0.4, 0.5) is 5.82 Å². The van der Waals surface area contributed by atoms with E-state index in [0.717, 1.165) is 27.7 Å². The zero-order valence-electron chi connectivity index (χ0n) is 15.8. The maximum absolute atomic E-state index is 6.27. The van der Waals surface area contributed by atoms with Crippen molar-refractivity contribution in [3.05, 3.63) is 65.3 Å². The molecule has 9 heteroatoms. The van der Waals surface area contributed by atoms with Crippen molar-refractivity contribution in [3.63, 3.8) is 0 Å². The number of nitrogens with zero attached hydrogens (tertiary/aromatic N) is 7. The van der Waals surface area contributed by atoms with E-state index in [2.05, 4.69) is 20.1 Å². The molecular weight excluding hydrogens is 388 g/mol. The highest BCUT2D eigenvalue weighted by Crippen LogP contribution is 2.32. The summed E-state index contributed by atoms with van der Waals surface area (Å²) in [4.78, 5) is 12.9. The Kier molecular flexibility index (Phi) is 3.95. The number of aromatic nitrogens is 7. The van der Waals surface area contributed by atoms with Crippen molar-refractivity contribution in [3.8, 4) is 5.82 Å². The van der Waals surface area contributed by atoms with Gasteiger partial charge >= 0.3 is 0 Å². The minimum absolute atomic E-state index is 0.200. The van der Waals surface area contributed by atoms with Gasteiger partial charge in [0.1, 0.15) is 12.1 Å². The van der Waals surface area contributed by atoms with Crippen LogP contribution in [-0.2, 0) is 0 Å². The Morgan fingerprint density at radius 1 is 1.07 bits per heavy atom. The summed E-state index contributed by atoms with van der Waals surface area (Å²) in [6, 6.07) is 11.2. The van der Waals surface area contributed by atoms with Gasteiger partial charge in [0.15, 0.2) is 11.5 Å². The number of halogens is 1. The number of rotatable bonds is 3. The van der Waals surface area contributed by atoms with E-state index in [9.17, 15) is 0 Å². The molecule has 0 bridgehead atoms. The molecule has 0 aliphatic rings. The fourth-order valence-electron chi connectivity index (χ4n) is 3.63. The Bertz CT molecular complexity index is 1360. The summed E-state index contributed by atoms with van der Waals surface area (Å²) in [6.07, 6.45) is 3.19. The van der Waals surface area contributed by atoms with E-state index in [1.54, 1.807) is 10.9 Å². The number of nitrogens with two attached hydrogens (primary N) is 1. The van der Waals surface area contributed by atoms with E-state index in [4.69, 9.17) is 22.4 Å². The van der Waals surface area contributed by atoms with Crippen molar-refractivity contribution < 1.29 is 0 Å². The van der Waals surface area contributed by atoms with E-state index in [1.165, 1.54) is 6.33 Å². The summed E-state index contributed by atoms with van der Waals surface area (Å²) in [5.41, 5.74) is 9.22. The molecule has 4 aromatic heterocycles. The molecule has 5 aromatic rings. The second-order valence-electron chi connectivity index (χ2n) is 6.81. The minimum atomic E-state index is -0.200. The normalized spacial score (nSPS) is 12.7. The maximum Gasteiger partial charge on any atom is 0.164 e. The molecule has 1 aromatic carbocycles. The van der Waals surface area contributed by atoms with Gasteiger partial charge in [-0.05, 0) is 44.2 Å². The summed E-state index contributed by atoms with van der Waals surface area (Å²) < 4.78 is 3.64. The number of hydrogen-bond donors (Lipinski definition) is 1. The highest BCUT2D eigenvalue weighted by atomic mass is 35.5. The van der Waals surface area contributed by atoms with Crippen LogP contribution in [0.15, 0.2) is 48.9 Å². The fourth-order valence-corrected chi connectivity index (χ4v) is 3.80. The Morgan fingerprint density at radius 3 is 2.72 bits per heavy atom. The molecule has 29 heavy (non-hydrogen) atoms. The number of pyridine rings is 1. The highest BCUT2D eigenvalue weighted by Gasteiger charge is 2.23. The van der Waals surface area contributed by atoms with Crippen molar-refractivity contribution in [2.24, 2.45) is 0 Å². The molecule has 0 aliphatic carbocycles. The van der Waals surface area contributed by atoms with Gasteiger partial charge in [-0.1, -0.05) is 17.7 Å². The fraction of sp³-hybridized carbons (Fsp3) is 0.150. The average molecular weight is 405 g/mol. The Balaban J connectivity index is 1.75. The maximum atomic E-state index is 6.27. The van der Waals surface area contributed by atoms with Gasteiger partial charge in [-0.3, -0.25) is 0 Å². The number of nitrogen functional groups attached to an aromatic ring is 1. The van der Waals surface area contributed by atoms with Crippen LogP contribution in [0.1, 0.15) is 24.4 Å². The van der Waals surface area contributed by atoms with Gasteiger partial charge in [0.05, 0.1) is 28.3 Å². The van der Waals surface area contributed by atoms with E-state index < -0.39 is 0 Å². The second kappa shape index (κ2) is 6.52.